The minimum absolute atomic E-state index is 0.0100. The SMILES string of the molecule is [B]C1(C)CCC2C(C1)N=C(C)N2C. The van der Waals surface area contributed by atoms with Crippen molar-refractivity contribution in [1.82, 2.24) is 4.90 Å². The average molecular weight is 176 g/mol. The quantitative estimate of drug-likeness (QED) is 0.512. The first-order valence-electron chi connectivity index (χ1n) is 5.06. The predicted octanol–water partition coefficient (Wildman–Crippen LogP) is 1.62. The monoisotopic (exact) mass is 176 g/mol. The van der Waals surface area contributed by atoms with Gasteiger partial charge in [0.25, 0.3) is 0 Å². The number of nitrogens with zero attached hydrogens (tertiary/aromatic N) is 2. The van der Waals surface area contributed by atoms with Crippen LogP contribution in [-0.2, 0) is 0 Å². The van der Waals surface area contributed by atoms with E-state index in [0.29, 0.717) is 12.1 Å². The Balaban J connectivity index is 2.14. The number of rotatable bonds is 0. The molecule has 2 nitrogen and oxygen atoms in total. The molecular weight excluding hydrogens is 159 g/mol. The van der Waals surface area contributed by atoms with Crippen molar-refractivity contribution in [3.8, 4) is 0 Å². The number of likely N-dealkylation sites (N-methyl/N-ethyl adjacent to an activating group) is 1. The maximum absolute atomic E-state index is 6.14. The molecule has 0 aromatic rings. The zero-order chi connectivity index (χ0) is 9.64. The molecule has 0 aromatic heterocycles. The van der Waals surface area contributed by atoms with E-state index < -0.39 is 0 Å². The molecule has 0 saturated heterocycles. The smallest absolute Gasteiger partial charge is 0.0962 e. The number of fused-ring (bicyclic) bond motifs is 1. The van der Waals surface area contributed by atoms with Crippen LogP contribution in [0.1, 0.15) is 33.1 Å². The van der Waals surface area contributed by atoms with Gasteiger partial charge in [0, 0.05) is 7.05 Å². The molecule has 2 aliphatic rings. The van der Waals surface area contributed by atoms with Crippen LogP contribution in [0.5, 0.6) is 0 Å². The molecule has 2 rings (SSSR count). The van der Waals surface area contributed by atoms with E-state index in [1.54, 1.807) is 0 Å². The lowest BCUT2D eigenvalue weighted by atomic mass is 9.59. The van der Waals surface area contributed by atoms with Gasteiger partial charge in [0.1, 0.15) is 0 Å². The van der Waals surface area contributed by atoms with Crippen LogP contribution in [-0.4, -0.2) is 37.7 Å². The summed E-state index contributed by atoms with van der Waals surface area (Å²) in [5.41, 5.74) is 0. The van der Waals surface area contributed by atoms with Crippen LogP contribution >= 0.6 is 0 Å². The third-order valence-electron chi connectivity index (χ3n) is 3.49. The molecule has 3 atom stereocenters. The minimum atomic E-state index is 0.0100. The first-order valence-corrected chi connectivity index (χ1v) is 5.06. The fourth-order valence-electron chi connectivity index (χ4n) is 2.54. The molecule has 0 bridgehead atoms. The van der Waals surface area contributed by atoms with Crippen LogP contribution in [0, 0.1) is 0 Å². The Hall–Kier alpha value is -0.465. The van der Waals surface area contributed by atoms with Crippen LogP contribution < -0.4 is 0 Å². The van der Waals surface area contributed by atoms with Gasteiger partial charge in [0.05, 0.1) is 25.8 Å². The second-order valence-electron chi connectivity index (χ2n) is 4.82. The molecule has 2 radical (unpaired) electrons. The number of amidine groups is 1. The lowest BCUT2D eigenvalue weighted by Gasteiger charge is -2.39. The van der Waals surface area contributed by atoms with E-state index in [-0.39, 0.29) is 5.31 Å². The van der Waals surface area contributed by atoms with Gasteiger partial charge < -0.3 is 4.90 Å². The van der Waals surface area contributed by atoms with Crippen molar-refractivity contribution >= 4 is 13.7 Å². The van der Waals surface area contributed by atoms with Gasteiger partial charge in [-0.1, -0.05) is 18.7 Å². The molecule has 3 heteroatoms. The molecule has 1 aliphatic heterocycles. The third kappa shape index (κ3) is 1.49. The van der Waals surface area contributed by atoms with E-state index in [2.05, 4.69) is 30.8 Å². The van der Waals surface area contributed by atoms with Crippen molar-refractivity contribution in [2.24, 2.45) is 4.99 Å². The molecule has 1 fully saturated rings. The number of hydrogen-bond donors (Lipinski definition) is 0. The van der Waals surface area contributed by atoms with Crippen molar-refractivity contribution in [3.05, 3.63) is 0 Å². The molecule has 0 aromatic carbocycles. The largest absolute Gasteiger partial charge is 0.359 e. The molecule has 13 heavy (non-hydrogen) atoms. The molecule has 0 amide bonds. The second kappa shape index (κ2) is 2.76. The summed E-state index contributed by atoms with van der Waals surface area (Å²) < 4.78 is 0. The Labute approximate surface area is 81.8 Å². The van der Waals surface area contributed by atoms with Crippen molar-refractivity contribution < 1.29 is 0 Å². The maximum Gasteiger partial charge on any atom is 0.0962 e. The highest BCUT2D eigenvalue weighted by molar-refractivity contribution is 6.15. The predicted molar refractivity (Wildman–Crippen MR) is 56.4 cm³/mol. The Morgan fingerprint density at radius 3 is 3.00 bits per heavy atom. The number of aliphatic imine (C=N–C) groups is 1. The average Bonchev–Trinajstić information content (AvgIpc) is 2.25. The van der Waals surface area contributed by atoms with Crippen molar-refractivity contribution in [1.29, 1.82) is 0 Å². The molecule has 1 aliphatic carbocycles. The van der Waals surface area contributed by atoms with E-state index in [1.807, 2.05) is 0 Å². The standard InChI is InChI=1S/C10H17BN2/c1-7-12-8-6-10(2,11)5-4-9(8)13(7)3/h8-9H,4-6H2,1-3H3. The Bertz CT molecular complexity index is 247. The lowest BCUT2D eigenvalue weighted by molar-refractivity contribution is 0.242. The Morgan fingerprint density at radius 2 is 2.31 bits per heavy atom. The molecule has 3 unspecified atom stereocenters. The van der Waals surface area contributed by atoms with Crippen LogP contribution in [0.15, 0.2) is 4.99 Å². The topological polar surface area (TPSA) is 15.6 Å². The maximum atomic E-state index is 6.14. The summed E-state index contributed by atoms with van der Waals surface area (Å²) >= 11 is 0. The summed E-state index contributed by atoms with van der Waals surface area (Å²) in [6.45, 7) is 4.23. The van der Waals surface area contributed by atoms with Gasteiger partial charge in [-0.2, -0.15) is 0 Å². The summed E-state index contributed by atoms with van der Waals surface area (Å²) in [6, 6.07) is 1.07. The van der Waals surface area contributed by atoms with Crippen molar-refractivity contribution in [2.45, 2.75) is 50.5 Å². The van der Waals surface area contributed by atoms with E-state index in [4.69, 9.17) is 7.85 Å². The fourth-order valence-corrected chi connectivity index (χ4v) is 2.54. The van der Waals surface area contributed by atoms with Gasteiger partial charge >= 0.3 is 0 Å². The normalized spacial score (nSPS) is 44.5. The number of hydrogen-bond acceptors (Lipinski definition) is 2. The zero-order valence-corrected chi connectivity index (χ0v) is 8.75. The highest BCUT2D eigenvalue weighted by atomic mass is 15.3. The van der Waals surface area contributed by atoms with Crippen molar-refractivity contribution in [3.63, 3.8) is 0 Å². The zero-order valence-electron chi connectivity index (χ0n) is 8.75. The molecule has 1 saturated carbocycles. The van der Waals surface area contributed by atoms with Gasteiger partial charge in [-0.05, 0) is 19.8 Å². The van der Waals surface area contributed by atoms with Crippen molar-refractivity contribution in [2.75, 3.05) is 7.05 Å². The molecule has 0 spiro atoms. The molecule has 70 valence electrons. The van der Waals surface area contributed by atoms with E-state index in [9.17, 15) is 0 Å². The minimum Gasteiger partial charge on any atom is -0.359 e. The first kappa shape index (κ1) is 9.10. The van der Waals surface area contributed by atoms with Gasteiger partial charge in [0.15, 0.2) is 0 Å². The summed E-state index contributed by atoms with van der Waals surface area (Å²) in [5.74, 6) is 1.17. The van der Waals surface area contributed by atoms with Crippen LogP contribution in [0.25, 0.3) is 0 Å². The second-order valence-corrected chi connectivity index (χ2v) is 4.82. The summed E-state index contributed by atoms with van der Waals surface area (Å²) in [4.78, 5) is 6.96. The van der Waals surface area contributed by atoms with Gasteiger partial charge in [-0.15, -0.1) is 0 Å². The van der Waals surface area contributed by atoms with E-state index in [0.717, 1.165) is 12.8 Å². The fraction of sp³-hybridized carbons (Fsp3) is 0.900. The highest BCUT2D eigenvalue weighted by Crippen LogP contribution is 2.43. The first-order chi connectivity index (χ1) is 5.99. The lowest BCUT2D eigenvalue weighted by Crippen LogP contribution is -2.41. The van der Waals surface area contributed by atoms with E-state index >= 15 is 0 Å². The third-order valence-corrected chi connectivity index (χ3v) is 3.49. The van der Waals surface area contributed by atoms with Gasteiger partial charge in [0.2, 0.25) is 0 Å². The van der Waals surface area contributed by atoms with Gasteiger partial charge in [-0.25, -0.2) is 0 Å². The van der Waals surface area contributed by atoms with E-state index in [1.165, 1.54) is 12.3 Å². The Kier molecular flexibility index (Phi) is 1.93. The Morgan fingerprint density at radius 1 is 1.62 bits per heavy atom. The van der Waals surface area contributed by atoms with Crippen LogP contribution in [0.2, 0.25) is 5.31 Å². The van der Waals surface area contributed by atoms with Crippen LogP contribution in [0.3, 0.4) is 0 Å². The van der Waals surface area contributed by atoms with Gasteiger partial charge in [-0.3, -0.25) is 4.99 Å². The molecule has 0 N–H and O–H groups in total. The molecule has 1 heterocycles. The highest BCUT2D eigenvalue weighted by Gasteiger charge is 2.39. The molecular formula is C10H17BN2. The summed E-state index contributed by atoms with van der Waals surface area (Å²) in [5, 5.41) is 0.0100. The summed E-state index contributed by atoms with van der Waals surface area (Å²) in [7, 11) is 8.28. The van der Waals surface area contributed by atoms with Crippen LogP contribution in [0.4, 0.5) is 0 Å². The summed E-state index contributed by atoms with van der Waals surface area (Å²) in [6.07, 6.45) is 3.36.